The second kappa shape index (κ2) is 4.49. The second-order valence-electron chi connectivity index (χ2n) is 3.92. The fourth-order valence-corrected chi connectivity index (χ4v) is 1.83. The fraction of sp³-hybridized carbons (Fsp3) is 1.00. The van der Waals surface area contributed by atoms with Crippen LogP contribution in [0.3, 0.4) is 0 Å². The standard InChI is InChI=1S/C9H16F3NO/c1-6-3-8(4-7(2)14-6)13-5-9(10,11)12/h6-8,13H,3-5H2,1-2H3. The Morgan fingerprint density at radius 3 is 2.14 bits per heavy atom. The Bertz CT molecular complexity index is 173. The summed E-state index contributed by atoms with van der Waals surface area (Å²) in [4.78, 5) is 0. The molecule has 1 aliphatic heterocycles. The van der Waals surface area contributed by atoms with E-state index in [1.807, 2.05) is 13.8 Å². The monoisotopic (exact) mass is 211 g/mol. The lowest BCUT2D eigenvalue weighted by Crippen LogP contribution is -2.44. The van der Waals surface area contributed by atoms with E-state index < -0.39 is 12.7 Å². The first-order chi connectivity index (χ1) is 6.37. The molecule has 0 aromatic heterocycles. The topological polar surface area (TPSA) is 21.3 Å². The predicted octanol–water partition coefficient (Wildman–Crippen LogP) is 2.09. The third-order valence-corrected chi connectivity index (χ3v) is 2.29. The van der Waals surface area contributed by atoms with Crippen LogP contribution in [0.5, 0.6) is 0 Å². The summed E-state index contributed by atoms with van der Waals surface area (Å²) < 4.78 is 41.2. The summed E-state index contributed by atoms with van der Waals surface area (Å²) in [6, 6.07) is -0.0737. The van der Waals surface area contributed by atoms with Crippen LogP contribution in [0.15, 0.2) is 0 Å². The van der Waals surface area contributed by atoms with Crippen LogP contribution in [0.1, 0.15) is 26.7 Å². The Morgan fingerprint density at radius 2 is 1.71 bits per heavy atom. The van der Waals surface area contributed by atoms with Crippen LogP contribution in [-0.4, -0.2) is 31.0 Å². The second-order valence-corrected chi connectivity index (χ2v) is 3.92. The molecule has 5 heteroatoms. The summed E-state index contributed by atoms with van der Waals surface area (Å²) >= 11 is 0. The highest BCUT2D eigenvalue weighted by atomic mass is 19.4. The average molecular weight is 211 g/mol. The van der Waals surface area contributed by atoms with Crippen LogP contribution >= 0.6 is 0 Å². The molecule has 1 heterocycles. The molecule has 0 aromatic carbocycles. The maximum atomic E-state index is 11.9. The molecule has 0 aliphatic carbocycles. The van der Waals surface area contributed by atoms with Crippen molar-refractivity contribution >= 4 is 0 Å². The molecule has 0 amide bonds. The normalized spacial score (nSPS) is 34.5. The predicted molar refractivity (Wildman–Crippen MR) is 47.1 cm³/mol. The summed E-state index contributed by atoms with van der Waals surface area (Å²) in [6.07, 6.45) is -2.72. The van der Waals surface area contributed by atoms with E-state index >= 15 is 0 Å². The molecule has 2 unspecified atom stereocenters. The molecular formula is C9H16F3NO. The van der Waals surface area contributed by atoms with E-state index in [-0.39, 0.29) is 18.2 Å². The van der Waals surface area contributed by atoms with Gasteiger partial charge in [-0.1, -0.05) is 0 Å². The first-order valence-corrected chi connectivity index (χ1v) is 4.82. The Balaban J connectivity index is 2.30. The number of hydrogen-bond donors (Lipinski definition) is 1. The Labute approximate surface area is 81.8 Å². The van der Waals surface area contributed by atoms with Crippen molar-refractivity contribution < 1.29 is 17.9 Å². The van der Waals surface area contributed by atoms with Gasteiger partial charge in [-0.25, -0.2) is 0 Å². The Hall–Kier alpha value is -0.290. The molecule has 2 nitrogen and oxygen atoms in total. The number of ether oxygens (including phenoxy) is 1. The van der Waals surface area contributed by atoms with E-state index in [4.69, 9.17) is 4.74 Å². The van der Waals surface area contributed by atoms with Gasteiger partial charge in [0.15, 0.2) is 0 Å². The minimum atomic E-state index is -4.12. The van der Waals surface area contributed by atoms with E-state index in [1.54, 1.807) is 0 Å². The summed E-state index contributed by atoms with van der Waals surface area (Å²) in [5, 5.41) is 2.52. The van der Waals surface area contributed by atoms with Crippen LogP contribution in [0.25, 0.3) is 0 Å². The third-order valence-electron chi connectivity index (χ3n) is 2.29. The zero-order valence-corrected chi connectivity index (χ0v) is 8.40. The molecule has 0 spiro atoms. The highest BCUT2D eigenvalue weighted by molar-refractivity contribution is 4.79. The van der Waals surface area contributed by atoms with Crippen LogP contribution in [-0.2, 0) is 4.74 Å². The molecule has 0 bridgehead atoms. The quantitative estimate of drug-likeness (QED) is 0.755. The van der Waals surface area contributed by atoms with E-state index in [9.17, 15) is 13.2 Å². The van der Waals surface area contributed by atoms with Gasteiger partial charge < -0.3 is 10.1 Å². The number of nitrogens with one attached hydrogen (secondary N) is 1. The van der Waals surface area contributed by atoms with Crippen LogP contribution in [0, 0.1) is 0 Å². The number of hydrogen-bond acceptors (Lipinski definition) is 2. The fourth-order valence-electron chi connectivity index (χ4n) is 1.83. The van der Waals surface area contributed by atoms with E-state index in [0.717, 1.165) is 0 Å². The molecule has 0 radical (unpaired) electrons. The highest BCUT2D eigenvalue weighted by Gasteiger charge is 2.30. The number of alkyl halides is 3. The maximum Gasteiger partial charge on any atom is 0.401 e. The van der Waals surface area contributed by atoms with Gasteiger partial charge in [0, 0.05) is 6.04 Å². The smallest absolute Gasteiger partial charge is 0.375 e. The molecule has 1 N–H and O–H groups in total. The van der Waals surface area contributed by atoms with Gasteiger partial charge in [0.1, 0.15) is 0 Å². The molecule has 1 saturated heterocycles. The number of rotatable bonds is 2. The molecule has 84 valence electrons. The van der Waals surface area contributed by atoms with Crippen molar-refractivity contribution in [2.75, 3.05) is 6.54 Å². The van der Waals surface area contributed by atoms with Crippen LogP contribution in [0.2, 0.25) is 0 Å². The summed E-state index contributed by atoms with van der Waals surface area (Å²) in [5.41, 5.74) is 0. The molecule has 1 fully saturated rings. The number of halogens is 3. The molecule has 1 aliphatic rings. The van der Waals surface area contributed by atoms with Gasteiger partial charge in [-0.2, -0.15) is 13.2 Å². The lowest BCUT2D eigenvalue weighted by molar-refractivity contribution is -0.130. The molecule has 1 rings (SSSR count). The average Bonchev–Trinajstić information content (AvgIpc) is 1.97. The maximum absolute atomic E-state index is 11.9. The van der Waals surface area contributed by atoms with Crippen molar-refractivity contribution in [2.45, 2.75) is 51.1 Å². The lowest BCUT2D eigenvalue weighted by atomic mass is 10.00. The van der Waals surface area contributed by atoms with Crippen LogP contribution < -0.4 is 5.32 Å². The largest absolute Gasteiger partial charge is 0.401 e. The van der Waals surface area contributed by atoms with Crippen molar-refractivity contribution in [3.05, 3.63) is 0 Å². The van der Waals surface area contributed by atoms with Gasteiger partial charge in [-0.15, -0.1) is 0 Å². The SMILES string of the molecule is CC1CC(NCC(F)(F)F)CC(C)O1. The molecule has 14 heavy (non-hydrogen) atoms. The summed E-state index contributed by atoms with van der Waals surface area (Å²) in [7, 11) is 0. The van der Waals surface area contributed by atoms with Gasteiger partial charge in [-0.05, 0) is 26.7 Å². The summed E-state index contributed by atoms with van der Waals surface area (Å²) in [6.45, 7) is 2.87. The minimum absolute atomic E-state index is 0.0458. The summed E-state index contributed by atoms with van der Waals surface area (Å²) in [5.74, 6) is 0. The molecule has 0 aromatic rings. The van der Waals surface area contributed by atoms with Crippen molar-refractivity contribution in [1.29, 1.82) is 0 Å². The lowest BCUT2D eigenvalue weighted by Gasteiger charge is -2.32. The van der Waals surface area contributed by atoms with E-state index in [2.05, 4.69) is 5.32 Å². The van der Waals surface area contributed by atoms with Gasteiger partial charge in [0.05, 0.1) is 18.8 Å². The molecule has 2 atom stereocenters. The van der Waals surface area contributed by atoms with Crippen LogP contribution in [0.4, 0.5) is 13.2 Å². The van der Waals surface area contributed by atoms with Gasteiger partial charge in [0.25, 0.3) is 0 Å². The molecular weight excluding hydrogens is 195 g/mol. The highest BCUT2D eigenvalue weighted by Crippen LogP contribution is 2.20. The van der Waals surface area contributed by atoms with Crippen molar-refractivity contribution in [1.82, 2.24) is 5.32 Å². The van der Waals surface area contributed by atoms with E-state index in [1.165, 1.54) is 0 Å². The Kier molecular flexibility index (Phi) is 3.78. The van der Waals surface area contributed by atoms with Gasteiger partial charge in [0.2, 0.25) is 0 Å². The third kappa shape index (κ3) is 4.28. The Morgan fingerprint density at radius 1 is 1.21 bits per heavy atom. The van der Waals surface area contributed by atoms with Gasteiger partial charge in [-0.3, -0.25) is 0 Å². The minimum Gasteiger partial charge on any atom is -0.375 e. The van der Waals surface area contributed by atoms with Crippen molar-refractivity contribution in [3.63, 3.8) is 0 Å². The van der Waals surface area contributed by atoms with Crippen molar-refractivity contribution in [2.24, 2.45) is 0 Å². The molecule has 0 saturated carbocycles. The first-order valence-electron chi connectivity index (χ1n) is 4.82. The van der Waals surface area contributed by atoms with Crippen molar-refractivity contribution in [3.8, 4) is 0 Å². The zero-order chi connectivity index (χ0) is 10.8. The van der Waals surface area contributed by atoms with E-state index in [0.29, 0.717) is 12.8 Å². The van der Waals surface area contributed by atoms with Gasteiger partial charge >= 0.3 is 6.18 Å². The first kappa shape index (κ1) is 11.8. The zero-order valence-electron chi connectivity index (χ0n) is 8.40.